The molecule has 0 saturated carbocycles. The van der Waals surface area contributed by atoms with Crippen LogP contribution in [0.15, 0.2) is 11.4 Å². The van der Waals surface area contributed by atoms with Crippen molar-refractivity contribution in [2.24, 2.45) is 5.41 Å². The van der Waals surface area contributed by atoms with Crippen LogP contribution >= 0.6 is 11.3 Å². The molecule has 2 fully saturated rings. The van der Waals surface area contributed by atoms with E-state index in [2.05, 4.69) is 0 Å². The second-order valence-corrected chi connectivity index (χ2v) is 8.11. The number of nitrogens with two attached hydrogens (primary N) is 1. The van der Waals surface area contributed by atoms with Crippen LogP contribution in [0.4, 0.5) is 5.69 Å². The number of hydrogen-bond donors (Lipinski definition) is 1. The zero-order valence-corrected chi connectivity index (χ0v) is 15.6. The summed E-state index contributed by atoms with van der Waals surface area (Å²) in [5, 5.41) is 1.86. The van der Waals surface area contributed by atoms with Crippen LogP contribution in [0.3, 0.4) is 0 Å². The second kappa shape index (κ2) is 7.74. The molecule has 1 spiro atoms. The highest BCUT2D eigenvalue weighted by atomic mass is 32.1. The van der Waals surface area contributed by atoms with Gasteiger partial charge in [-0.3, -0.25) is 9.59 Å². The Bertz CT molecular complexity index is 633. The van der Waals surface area contributed by atoms with Gasteiger partial charge in [0, 0.05) is 51.7 Å². The smallest absolute Gasteiger partial charge is 0.266 e. The monoisotopic (exact) mass is 365 g/mol. The van der Waals surface area contributed by atoms with Gasteiger partial charge in [-0.1, -0.05) is 0 Å². The molecule has 7 heteroatoms. The van der Waals surface area contributed by atoms with Gasteiger partial charge in [-0.05, 0) is 37.1 Å². The first-order valence-electron chi connectivity index (χ1n) is 8.94. The molecular formula is C18H27N3O3S. The minimum Gasteiger partial charge on any atom is -0.397 e. The molecule has 2 N–H and O–H groups in total. The highest BCUT2D eigenvalue weighted by Gasteiger charge is 2.42. The maximum Gasteiger partial charge on any atom is 0.266 e. The zero-order valence-electron chi connectivity index (χ0n) is 14.8. The number of anilines is 1. The van der Waals surface area contributed by atoms with Crippen molar-refractivity contribution in [3.8, 4) is 0 Å². The second-order valence-electron chi connectivity index (χ2n) is 7.20. The topological polar surface area (TPSA) is 75.9 Å². The van der Waals surface area contributed by atoms with Crippen molar-refractivity contribution in [3.63, 3.8) is 0 Å². The molecule has 25 heavy (non-hydrogen) atoms. The van der Waals surface area contributed by atoms with Crippen molar-refractivity contribution in [3.05, 3.63) is 16.3 Å². The summed E-state index contributed by atoms with van der Waals surface area (Å²) in [5.41, 5.74) is 6.52. The fourth-order valence-corrected chi connectivity index (χ4v) is 4.84. The summed E-state index contributed by atoms with van der Waals surface area (Å²) >= 11 is 1.41. The van der Waals surface area contributed by atoms with Crippen LogP contribution in [0.1, 0.15) is 41.8 Å². The Labute approximate surface area is 152 Å². The van der Waals surface area contributed by atoms with Gasteiger partial charge in [0.1, 0.15) is 4.88 Å². The molecule has 1 unspecified atom stereocenters. The molecule has 0 aromatic carbocycles. The first-order chi connectivity index (χ1) is 12.0. The Kier molecular flexibility index (Phi) is 5.64. The van der Waals surface area contributed by atoms with Gasteiger partial charge in [-0.15, -0.1) is 11.3 Å². The van der Waals surface area contributed by atoms with Crippen LogP contribution in [-0.4, -0.2) is 61.5 Å². The molecule has 0 radical (unpaired) electrons. The Morgan fingerprint density at radius 1 is 1.40 bits per heavy atom. The van der Waals surface area contributed by atoms with Crippen molar-refractivity contribution >= 4 is 28.8 Å². The molecule has 2 saturated heterocycles. The SMILES string of the molecule is COCCCN1CC2(CCCN(C(=O)c3sccc3N)C2)CCC1=O. The van der Waals surface area contributed by atoms with Crippen molar-refractivity contribution in [1.29, 1.82) is 0 Å². The summed E-state index contributed by atoms with van der Waals surface area (Å²) in [4.78, 5) is 29.6. The van der Waals surface area contributed by atoms with Crippen molar-refractivity contribution in [1.82, 2.24) is 9.80 Å². The van der Waals surface area contributed by atoms with Gasteiger partial charge in [0.15, 0.2) is 0 Å². The number of carbonyl (C=O) groups is 2. The largest absolute Gasteiger partial charge is 0.397 e. The number of nitrogens with zero attached hydrogens (tertiary/aromatic N) is 2. The van der Waals surface area contributed by atoms with Crippen LogP contribution in [0, 0.1) is 5.41 Å². The lowest BCUT2D eigenvalue weighted by Crippen LogP contribution is -2.55. The third kappa shape index (κ3) is 3.98. The number of methoxy groups -OCH3 is 1. The van der Waals surface area contributed by atoms with Gasteiger partial charge in [0.2, 0.25) is 5.91 Å². The molecule has 3 heterocycles. The number of ether oxygens (including phenoxy) is 1. The molecular weight excluding hydrogens is 338 g/mol. The molecule has 2 aliphatic heterocycles. The number of thiophene rings is 1. The molecule has 2 amide bonds. The Morgan fingerprint density at radius 2 is 2.24 bits per heavy atom. The lowest BCUT2D eigenvalue weighted by molar-refractivity contribution is -0.139. The van der Waals surface area contributed by atoms with Gasteiger partial charge < -0.3 is 20.3 Å². The van der Waals surface area contributed by atoms with Gasteiger partial charge in [0.05, 0.1) is 5.69 Å². The number of piperidine rings is 2. The Morgan fingerprint density at radius 3 is 2.96 bits per heavy atom. The normalized spacial score (nSPS) is 24.1. The quantitative estimate of drug-likeness (QED) is 0.812. The highest BCUT2D eigenvalue weighted by molar-refractivity contribution is 7.12. The first kappa shape index (κ1) is 18.2. The van der Waals surface area contributed by atoms with Crippen LogP contribution in [-0.2, 0) is 9.53 Å². The fourth-order valence-electron chi connectivity index (χ4n) is 4.06. The van der Waals surface area contributed by atoms with Gasteiger partial charge in [-0.2, -0.15) is 0 Å². The van der Waals surface area contributed by atoms with E-state index >= 15 is 0 Å². The van der Waals surface area contributed by atoms with E-state index in [1.807, 2.05) is 15.2 Å². The van der Waals surface area contributed by atoms with E-state index in [0.717, 1.165) is 51.9 Å². The third-order valence-electron chi connectivity index (χ3n) is 5.36. The predicted octanol–water partition coefficient (Wildman–Crippen LogP) is 2.21. The molecule has 1 atom stereocenters. The summed E-state index contributed by atoms with van der Waals surface area (Å²) in [6, 6.07) is 1.79. The number of nitrogen functional groups attached to an aromatic ring is 1. The molecule has 2 aliphatic rings. The summed E-state index contributed by atoms with van der Waals surface area (Å²) in [5.74, 6) is 0.266. The first-order valence-corrected chi connectivity index (χ1v) is 9.82. The lowest BCUT2D eigenvalue weighted by atomic mass is 9.73. The van der Waals surface area contributed by atoms with E-state index in [1.54, 1.807) is 13.2 Å². The van der Waals surface area contributed by atoms with E-state index in [4.69, 9.17) is 10.5 Å². The maximum atomic E-state index is 12.8. The van der Waals surface area contributed by atoms with E-state index in [1.165, 1.54) is 11.3 Å². The molecule has 0 bridgehead atoms. The van der Waals surface area contributed by atoms with E-state index in [9.17, 15) is 9.59 Å². The van der Waals surface area contributed by atoms with E-state index in [-0.39, 0.29) is 17.2 Å². The Hall–Kier alpha value is -1.60. The van der Waals surface area contributed by atoms with Gasteiger partial charge >= 0.3 is 0 Å². The number of amides is 2. The number of hydrogen-bond acceptors (Lipinski definition) is 5. The van der Waals surface area contributed by atoms with E-state index < -0.39 is 0 Å². The molecule has 0 aliphatic carbocycles. The Balaban J connectivity index is 1.68. The fraction of sp³-hybridized carbons (Fsp3) is 0.667. The van der Waals surface area contributed by atoms with Crippen LogP contribution in [0.25, 0.3) is 0 Å². The minimum absolute atomic E-state index is 0.0287. The minimum atomic E-state index is 0.0287. The number of carbonyl (C=O) groups excluding carboxylic acids is 2. The average Bonchev–Trinajstić information content (AvgIpc) is 3.04. The van der Waals surface area contributed by atoms with Crippen molar-refractivity contribution < 1.29 is 14.3 Å². The van der Waals surface area contributed by atoms with Gasteiger partial charge in [0.25, 0.3) is 5.91 Å². The summed E-state index contributed by atoms with van der Waals surface area (Å²) in [6.07, 6.45) is 4.36. The van der Waals surface area contributed by atoms with Crippen LogP contribution < -0.4 is 5.73 Å². The molecule has 6 nitrogen and oxygen atoms in total. The maximum absolute atomic E-state index is 12.8. The van der Waals surface area contributed by atoms with Gasteiger partial charge in [-0.25, -0.2) is 0 Å². The lowest BCUT2D eigenvalue weighted by Gasteiger charge is -2.48. The molecule has 1 aromatic rings. The zero-order chi connectivity index (χ0) is 17.9. The standard InChI is InChI=1S/C18H27N3O3S/c1-24-10-3-9-20-12-18(7-4-15(20)22)6-2-8-21(13-18)17(23)16-14(19)5-11-25-16/h5,11H,2-4,6-10,12-13,19H2,1H3. The van der Waals surface area contributed by atoms with Crippen molar-refractivity contribution in [2.45, 2.75) is 32.1 Å². The predicted molar refractivity (Wildman–Crippen MR) is 98.6 cm³/mol. The summed E-state index contributed by atoms with van der Waals surface area (Å²) in [7, 11) is 1.68. The van der Waals surface area contributed by atoms with Crippen LogP contribution in [0.2, 0.25) is 0 Å². The number of likely N-dealkylation sites (tertiary alicyclic amines) is 2. The summed E-state index contributed by atoms with van der Waals surface area (Å²) < 4.78 is 5.10. The average molecular weight is 365 g/mol. The third-order valence-corrected chi connectivity index (χ3v) is 6.28. The number of rotatable bonds is 5. The molecule has 1 aromatic heterocycles. The molecule has 138 valence electrons. The highest BCUT2D eigenvalue weighted by Crippen LogP contribution is 2.39. The summed E-state index contributed by atoms with van der Waals surface area (Å²) in [6.45, 7) is 3.64. The van der Waals surface area contributed by atoms with E-state index in [0.29, 0.717) is 23.6 Å². The van der Waals surface area contributed by atoms with Crippen LogP contribution in [0.5, 0.6) is 0 Å². The molecule has 3 rings (SSSR count). The van der Waals surface area contributed by atoms with Crippen molar-refractivity contribution in [2.75, 3.05) is 45.6 Å².